The monoisotopic (exact) mass is 442 g/mol. The standard InChI is InChI=1S/C22H22N2O6S/c1-13-15(23-21(30-13)17-6-4-10-28-17)12-29-16-9-8-14(11-18(16)27-2)5-3-7-19-20(25)24-22(26)31-19/h4,6,8-11,25H,3,5,7,12H2,1-2H3,(H,24,26). The van der Waals surface area contributed by atoms with Gasteiger partial charge in [0, 0.05) is 0 Å². The molecule has 1 aromatic carbocycles. The molecule has 2 N–H and O–H groups in total. The van der Waals surface area contributed by atoms with E-state index in [0.29, 0.717) is 45.9 Å². The van der Waals surface area contributed by atoms with Gasteiger partial charge in [-0.3, -0.25) is 9.78 Å². The van der Waals surface area contributed by atoms with E-state index in [1.807, 2.05) is 25.1 Å². The number of aromatic hydroxyl groups is 1. The van der Waals surface area contributed by atoms with Gasteiger partial charge in [-0.2, -0.15) is 0 Å². The van der Waals surface area contributed by atoms with Gasteiger partial charge in [0.15, 0.2) is 17.3 Å². The molecule has 0 radical (unpaired) electrons. The van der Waals surface area contributed by atoms with Crippen LogP contribution in [0, 0.1) is 6.92 Å². The van der Waals surface area contributed by atoms with Crippen molar-refractivity contribution < 1.29 is 23.4 Å². The summed E-state index contributed by atoms with van der Waals surface area (Å²) < 4.78 is 22.4. The largest absolute Gasteiger partial charge is 0.494 e. The summed E-state index contributed by atoms with van der Waals surface area (Å²) in [6, 6.07) is 9.33. The Hall–Kier alpha value is -3.46. The lowest BCUT2D eigenvalue weighted by Gasteiger charge is -2.11. The van der Waals surface area contributed by atoms with Crippen molar-refractivity contribution in [1.29, 1.82) is 0 Å². The summed E-state index contributed by atoms with van der Waals surface area (Å²) in [5.41, 5.74) is 1.76. The van der Waals surface area contributed by atoms with Crippen LogP contribution in [-0.4, -0.2) is 22.2 Å². The van der Waals surface area contributed by atoms with Crippen LogP contribution in [0.5, 0.6) is 17.4 Å². The molecule has 0 spiro atoms. The normalized spacial score (nSPS) is 11.0. The van der Waals surface area contributed by atoms with E-state index in [0.717, 1.165) is 29.7 Å². The van der Waals surface area contributed by atoms with Crippen LogP contribution < -0.4 is 14.3 Å². The minimum Gasteiger partial charge on any atom is -0.494 e. The first-order valence-corrected chi connectivity index (χ1v) is 10.6. The van der Waals surface area contributed by atoms with Crippen molar-refractivity contribution in [3.05, 3.63) is 68.2 Å². The third-order valence-corrected chi connectivity index (χ3v) is 5.72. The Morgan fingerprint density at radius 1 is 1.23 bits per heavy atom. The second-order valence-electron chi connectivity index (χ2n) is 6.91. The maximum Gasteiger partial charge on any atom is 0.307 e. The molecule has 0 amide bonds. The van der Waals surface area contributed by atoms with Crippen LogP contribution in [0.2, 0.25) is 0 Å². The molecule has 0 aliphatic rings. The number of aromatic amines is 1. The van der Waals surface area contributed by atoms with E-state index in [9.17, 15) is 9.90 Å². The number of furan rings is 1. The predicted molar refractivity (Wildman–Crippen MR) is 115 cm³/mol. The van der Waals surface area contributed by atoms with Crippen molar-refractivity contribution >= 4 is 11.3 Å². The molecular weight excluding hydrogens is 420 g/mol. The Morgan fingerprint density at radius 2 is 2.10 bits per heavy atom. The third kappa shape index (κ3) is 4.83. The van der Waals surface area contributed by atoms with Crippen LogP contribution in [0.4, 0.5) is 0 Å². The van der Waals surface area contributed by atoms with Gasteiger partial charge in [0.1, 0.15) is 18.1 Å². The fourth-order valence-electron chi connectivity index (χ4n) is 3.18. The van der Waals surface area contributed by atoms with E-state index in [1.54, 1.807) is 25.5 Å². The molecule has 0 aliphatic heterocycles. The minimum absolute atomic E-state index is 0.0327. The highest BCUT2D eigenvalue weighted by Crippen LogP contribution is 2.30. The highest BCUT2D eigenvalue weighted by atomic mass is 32.1. The fourth-order valence-corrected chi connectivity index (χ4v) is 3.94. The molecule has 0 unspecified atom stereocenters. The number of rotatable bonds is 9. The van der Waals surface area contributed by atoms with Gasteiger partial charge in [0.2, 0.25) is 5.88 Å². The van der Waals surface area contributed by atoms with Gasteiger partial charge in [-0.1, -0.05) is 17.4 Å². The molecule has 4 aromatic rings. The van der Waals surface area contributed by atoms with Crippen molar-refractivity contribution in [2.24, 2.45) is 0 Å². The van der Waals surface area contributed by atoms with Crippen molar-refractivity contribution in [3.63, 3.8) is 0 Å². The molecule has 162 valence electrons. The number of nitrogens with zero attached hydrogens (tertiary/aromatic N) is 1. The molecule has 0 fully saturated rings. The average molecular weight is 442 g/mol. The molecule has 0 saturated carbocycles. The van der Waals surface area contributed by atoms with E-state index >= 15 is 0 Å². The van der Waals surface area contributed by atoms with Gasteiger partial charge in [-0.05, 0) is 56.0 Å². The van der Waals surface area contributed by atoms with Crippen molar-refractivity contribution in [1.82, 2.24) is 9.97 Å². The van der Waals surface area contributed by atoms with Crippen LogP contribution >= 0.6 is 11.3 Å². The second-order valence-corrected chi connectivity index (χ2v) is 7.98. The summed E-state index contributed by atoms with van der Waals surface area (Å²) >= 11 is 1.04. The highest BCUT2D eigenvalue weighted by Gasteiger charge is 2.15. The molecule has 8 nitrogen and oxygen atoms in total. The molecule has 4 rings (SSSR count). The van der Waals surface area contributed by atoms with Crippen molar-refractivity contribution in [2.45, 2.75) is 32.8 Å². The van der Waals surface area contributed by atoms with Crippen molar-refractivity contribution in [2.75, 3.05) is 7.11 Å². The fraction of sp³-hybridized carbons (Fsp3) is 0.273. The number of oxazole rings is 1. The third-order valence-electron chi connectivity index (χ3n) is 4.79. The Bertz CT molecular complexity index is 1210. The molecule has 3 aromatic heterocycles. The Balaban J connectivity index is 1.38. The molecule has 9 heteroatoms. The first kappa shape index (κ1) is 20.8. The van der Waals surface area contributed by atoms with Crippen molar-refractivity contribution in [3.8, 4) is 29.0 Å². The van der Waals surface area contributed by atoms with Crippen LogP contribution in [0.3, 0.4) is 0 Å². The Kier molecular flexibility index (Phi) is 6.13. The second kappa shape index (κ2) is 9.13. The number of thiazole rings is 1. The quantitative estimate of drug-likeness (QED) is 0.394. The lowest BCUT2D eigenvalue weighted by Crippen LogP contribution is -2.00. The number of nitrogens with one attached hydrogen (secondary N) is 1. The van der Waals surface area contributed by atoms with E-state index < -0.39 is 0 Å². The van der Waals surface area contributed by atoms with Crippen LogP contribution in [0.25, 0.3) is 11.7 Å². The molecule has 0 aliphatic carbocycles. The summed E-state index contributed by atoms with van der Waals surface area (Å²) in [5, 5.41) is 9.68. The van der Waals surface area contributed by atoms with Gasteiger partial charge in [-0.15, -0.1) is 0 Å². The molecule has 3 heterocycles. The summed E-state index contributed by atoms with van der Waals surface area (Å²) in [7, 11) is 1.59. The van der Waals surface area contributed by atoms with Gasteiger partial charge in [-0.25, -0.2) is 4.98 Å². The zero-order valence-electron chi connectivity index (χ0n) is 17.1. The maximum absolute atomic E-state index is 11.3. The smallest absolute Gasteiger partial charge is 0.307 e. The number of hydrogen-bond donors (Lipinski definition) is 2. The number of aromatic nitrogens is 2. The number of aryl methyl sites for hydroxylation is 3. The predicted octanol–water partition coefficient (Wildman–Crippen LogP) is 4.46. The summed E-state index contributed by atoms with van der Waals surface area (Å²) in [4.78, 5) is 18.5. The van der Waals surface area contributed by atoms with E-state index in [1.165, 1.54) is 0 Å². The summed E-state index contributed by atoms with van der Waals surface area (Å²) in [6.45, 7) is 2.06. The van der Waals surface area contributed by atoms with E-state index in [2.05, 4.69) is 9.97 Å². The van der Waals surface area contributed by atoms with Gasteiger partial charge in [0.05, 0.1) is 18.3 Å². The number of H-pyrrole nitrogens is 1. The number of hydrogen-bond acceptors (Lipinski definition) is 8. The zero-order chi connectivity index (χ0) is 21.8. The summed E-state index contributed by atoms with van der Waals surface area (Å²) in [5.74, 6) is 2.85. The minimum atomic E-state index is -0.241. The number of ether oxygens (including phenoxy) is 2. The average Bonchev–Trinajstić information content (AvgIpc) is 3.48. The maximum atomic E-state index is 11.3. The first-order valence-electron chi connectivity index (χ1n) is 9.74. The Labute approximate surface area is 182 Å². The van der Waals surface area contributed by atoms with E-state index in [4.69, 9.17) is 18.3 Å². The highest BCUT2D eigenvalue weighted by molar-refractivity contribution is 7.09. The first-order chi connectivity index (χ1) is 15.0. The number of methoxy groups -OCH3 is 1. The SMILES string of the molecule is COc1cc(CCCc2sc(=O)[nH]c2O)ccc1OCc1nc(-c2ccco2)oc1C. The van der Waals surface area contributed by atoms with Gasteiger partial charge in [0.25, 0.3) is 5.89 Å². The summed E-state index contributed by atoms with van der Waals surface area (Å²) in [6.07, 6.45) is 3.76. The topological polar surface area (TPSA) is 111 Å². The Morgan fingerprint density at radius 3 is 2.81 bits per heavy atom. The molecular formula is C22H22N2O6S. The lowest BCUT2D eigenvalue weighted by atomic mass is 10.1. The van der Waals surface area contributed by atoms with Crippen LogP contribution in [0.15, 0.2) is 50.2 Å². The molecule has 0 bridgehead atoms. The van der Waals surface area contributed by atoms with E-state index in [-0.39, 0.29) is 17.4 Å². The lowest BCUT2D eigenvalue weighted by molar-refractivity contribution is 0.279. The van der Waals surface area contributed by atoms with Crippen LogP contribution in [0.1, 0.15) is 28.3 Å². The zero-order valence-corrected chi connectivity index (χ0v) is 18.0. The van der Waals surface area contributed by atoms with Crippen LogP contribution in [-0.2, 0) is 19.4 Å². The van der Waals surface area contributed by atoms with Gasteiger partial charge < -0.3 is 23.4 Å². The van der Waals surface area contributed by atoms with Gasteiger partial charge >= 0.3 is 4.87 Å². The number of benzene rings is 1. The molecule has 0 saturated heterocycles. The molecule has 0 atom stereocenters. The molecule has 31 heavy (non-hydrogen) atoms.